The minimum Gasteiger partial charge on any atom is -0.497 e. The maximum absolute atomic E-state index is 14.5. The summed E-state index contributed by atoms with van der Waals surface area (Å²) in [5.74, 6) is -3.35. The highest BCUT2D eigenvalue weighted by molar-refractivity contribution is 5.76. The van der Waals surface area contributed by atoms with Crippen molar-refractivity contribution in [3.63, 3.8) is 0 Å². The number of benzene rings is 2. The van der Waals surface area contributed by atoms with Gasteiger partial charge in [0.15, 0.2) is 6.29 Å². The molecule has 0 aliphatic heterocycles. The molecule has 0 fully saturated rings. The Balaban J connectivity index is 0.000000277. The first-order valence-corrected chi connectivity index (χ1v) is 14.3. The molecule has 46 heavy (non-hydrogen) atoms. The van der Waals surface area contributed by atoms with Crippen LogP contribution in [0.4, 0.5) is 17.6 Å². The lowest BCUT2D eigenvalue weighted by Gasteiger charge is -2.19. The van der Waals surface area contributed by atoms with Gasteiger partial charge in [0.1, 0.15) is 40.9 Å². The van der Waals surface area contributed by atoms with Crippen molar-refractivity contribution in [2.24, 2.45) is 0 Å². The Hall–Kier alpha value is -4.59. The Morgan fingerprint density at radius 2 is 1.24 bits per heavy atom. The van der Waals surface area contributed by atoms with E-state index >= 15 is 0 Å². The number of aldehydes is 1. The van der Waals surface area contributed by atoms with Crippen molar-refractivity contribution in [1.29, 1.82) is 0 Å². The number of carbonyl (C=O) groups excluding carboxylic acids is 1. The summed E-state index contributed by atoms with van der Waals surface area (Å²) in [6.07, 6.45) is -1.01. The highest BCUT2D eigenvalue weighted by Gasteiger charge is 2.29. The zero-order valence-electron chi connectivity index (χ0n) is 27.3. The van der Waals surface area contributed by atoms with E-state index in [9.17, 15) is 31.9 Å². The maximum Gasteiger partial charge on any atom is 0.270 e. The molecular weight excluding hydrogens is 612 g/mol. The lowest BCUT2D eigenvalue weighted by molar-refractivity contribution is 0.0846. The average Bonchev–Trinajstić information content (AvgIpc) is 3.48. The molecule has 1 atom stereocenters. The molecule has 0 aliphatic carbocycles. The number of ether oxygens (including phenoxy) is 3. The third-order valence-electron chi connectivity index (χ3n) is 6.75. The van der Waals surface area contributed by atoms with E-state index in [1.165, 1.54) is 14.2 Å². The number of carbonyl (C=O) groups is 1. The molecule has 0 spiro atoms. The summed E-state index contributed by atoms with van der Waals surface area (Å²) in [6, 6.07) is 5.99. The van der Waals surface area contributed by atoms with Crippen LogP contribution in [-0.2, 0) is 4.74 Å². The van der Waals surface area contributed by atoms with Crippen molar-refractivity contribution in [2.45, 2.75) is 66.7 Å². The number of nitrogens with zero attached hydrogens (tertiary/aromatic N) is 2. The normalized spacial score (nSPS) is 11.5. The number of hydrogen-bond donors (Lipinski definition) is 2. The van der Waals surface area contributed by atoms with Crippen molar-refractivity contribution in [2.75, 3.05) is 20.8 Å². The molecule has 252 valence electrons. The number of hydrogen-bond acceptors (Lipinski definition) is 6. The number of rotatable bonds is 9. The fraction of sp³-hybridized carbons (Fsp3) is 0.406. The van der Waals surface area contributed by atoms with E-state index in [4.69, 9.17) is 9.47 Å². The summed E-state index contributed by atoms with van der Waals surface area (Å²) in [5, 5.41) is 5.40. The summed E-state index contributed by atoms with van der Waals surface area (Å²) in [6.45, 7) is 13.4. The molecule has 4 rings (SSSR count). The Kier molecular flexibility index (Phi) is 13.6. The first-order chi connectivity index (χ1) is 21.6. The smallest absolute Gasteiger partial charge is 0.270 e. The van der Waals surface area contributed by atoms with Crippen LogP contribution in [-0.4, -0.2) is 46.7 Å². The second-order valence-electron chi connectivity index (χ2n) is 10.6. The topological polar surface area (TPSA) is 120 Å². The molecule has 2 N–H and O–H groups in total. The highest BCUT2D eigenvalue weighted by atomic mass is 19.1. The first-order valence-electron chi connectivity index (χ1n) is 14.3. The quantitative estimate of drug-likeness (QED) is 0.161. The van der Waals surface area contributed by atoms with Gasteiger partial charge in [0.05, 0.1) is 30.9 Å². The minimum absolute atomic E-state index is 0.000659. The summed E-state index contributed by atoms with van der Waals surface area (Å²) in [5.41, 5.74) is 0.459. The SMILES string of the molecule is CCOC(c1c(F)cc(OC)cc1F)c1c(C)n(C(C)C)[nH]c1=O.COc1cc(F)c(C=O)c(F)c1.Cc1cc(=O)[nH]n1C(C)C. The second-order valence-corrected chi connectivity index (χ2v) is 10.6. The monoisotopic (exact) mass is 652 g/mol. The van der Waals surface area contributed by atoms with Gasteiger partial charge < -0.3 is 14.2 Å². The van der Waals surface area contributed by atoms with Crippen molar-refractivity contribution >= 4 is 6.29 Å². The van der Waals surface area contributed by atoms with Gasteiger partial charge in [-0.2, -0.15) is 0 Å². The minimum atomic E-state index is -1.13. The molecular formula is C32H40F4N4O6. The Morgan fingerprint density at radius 3 is 1.57 bits per heavy atom. The van der Waals surface area contributed by atoms with Gasteiger partial charge in [0.25, 0.3) is 11.1 Å². The van der Waals surface area contributed by atoms with Crippen molar-refractivity contribution < 1.29 is 36.6 Å². The van der Waals surface area contributed by atoms with Crippen LogP contribution >= 0.6 is 0 Å². The van der Waals surface area contributed by atoms with Crippen molar-refractivity contribution in [3.05, 3.63) is 102 Å². The van der Waals surface area contributed by atoms with Gasteiger partial charge >= 0.3 is 0 Å². The molecule has 14 heteroatoms. The maximum atomic E-state index is 14.5. The fourth-order valence-corrected chi connectivity index (χ4v) is 4.61. The van der Waals surface area contributed by atoms with E-state index in [2.05, 4.69) is 14.9 Å². The number of halogens is 4. The van der Waals surface area contributed by atoms with Crippen LogP contribution in [0, 0.1) is 37.1 Å². The van der Waals surface area contributed by atoms with Crippen molar-refractivity contribution in [3.8, 4) is 11.5 Å². The Labute approximate surface area is 263 Å². The predicted octanol–water partition coefficient (Wildman–Crippen LogP) is 6.33. The van der Waals surface area contributed by atoms with Gasteiger partial charge in [-0.1, -0.05) is 0 Å². The lowest BCUT2D eigenvalue weighted by Crippen LogP contribution is -2.18. The number of aromatic nitrogens is 4. The van der Waals surface area contributed by atoms with Crippen LogP contribution in [0.3, 0.4) is 0 Å². The number of methoxy groups -OCH3 is 2. The standard InChI is InChI=1S/C17H22F2N2O3.C8H6F2O2.C7H12N2O/c1-6-24-16(14-10(4)21(9(2)3)20-17(14)22)15-12(18)7-11(23-5)8-13(15)19;1-12-5-2-7(9)6(4-11)8(10)3-5;1-5(2)9-6(3)4-7(10)8-9/h7-9,16H,6H2,1-5H3,(H,20,22);2-4H,1H3;4-5H,1-3H3,(H,8,10). The van der Waals surface area contributed by atoms with E-state index in [1.807, 2.05) is 39.3 Å². The zero-order valence-corrected chi connectivity index (χ0v) is 27.3. The van der Waals surface area contributed by atoms with Crippen LogP contribution in [0.2, 0.25) is 0 Å². The molecule has 2 aromatic carbocycles. The van der Waals surface area contributed by atoms with Gasteiger partial charge in [0, 0.05) is 60.4 Å². The summed E-state index contributed by atoms with van der Waals surface area (Å²) in [4.78, 5) is 33.2. The first kappa shape index (κ1) is 37.6. The summed E-state index contributed by atoms with van der Waals surface area (Å²) < 4.78 is 72.9. The van der Waals surface area contributed by atoms with Crippen molar-refractivity contribution in [1.82, 2.24) is 19.6 Å². The molecule has 0 aliphatic rings. The van der Waals surface area contributed by atoms with Crippen LogP contribution in [0.15, 0.2) is 39.9 Å². The molecule has 0 bridgehead atoms. The van der Waals surface area contributed by atoms with Gasteiger partial charge in [-0.25, -0.2) is 17.6 Å². The highest BCUT2D eigenvalue weighted by Crippen LogP contribution is 2.33. The molecule has 0 radical (unpaired) electrons. The van der Waals surface area contributed by atoms with Gasteiger partial charge in [-0.3, -0.25) is 33.9 Å². The molecule has 2 aromatic heterocycles. The molecule has 2 heterocycles. The lowest BCUT2D eigenvalue weighted by atomic mass is 10.00. The molecule has 0 saturated heterocycles. The Morgan fingerprint density at radius 1 is 0.761 bits per heavy atom. The summed E-state index contributed by atoms with van der Waals surface area (Å²) in [7, 11) is 2.61. The second kappa shape index (κ2) is 16.6. The van der Waals surface area contributed by atoms with Crippen LogP contribution in [0.1, 0.15) is 85.7 Å². The van der Waals surface area contributed by atoms with E-state index in [-0.39, 0.29) is 47.1 Å². The zero-order chi connectivity index (χ0) is 34.9. The van der Waals surface area contributed by atoms with E-state index < -0.39 is 40.5 Å². The molecule has 0 saturated carbocycles. The van der Waals surface area contributed by atoms with E-state index in [0.29, 0.717) is 11.7 Å². The molecule has 0 amide bonds. The van der Waals surface area contributed by atoms with Gasteiger partial charge in [-0.15, -0.1) is 0 Å². The average molecular weight is 653 g/mol. The predicted molar refractivity (Wildman–Crippen MR) is 165 cm³/mol. The number of nitrogens with one attached hydrogen (secondary N) is 2. The van der Waals surface area contributed by atoms with Crippen LogP contribution < -0.4 is 20.6 Å². The van der Waals surface area contributed by atoms with Crippen LogP contribution in [0.25, 0.3) is 0 Å². The van der Waals surface area contributed by atoms with E-state index in [0.717, 1.165) is 30.0 Å². The molecule has 1 unspecified atom stereocenters. The third kappa shape index (κ3) is 8.99. The molecule has 4 aromatic rings. The fourth-order valence-electron chi connectivity index (χ4n) is 4.61. The molecule has 10 nitrogen and oxygen atoms in total. The van der Waals surface area contributed by atoms with Gasteiger partial charge in [-0.05, 0) is 48.5 Å². The largest absolute Gasteiger partial charge is 0.497 e. The van der Waals surface area contributed by atoms with Crippen LogP contribution in [0.5, 0.6) is 11.5 Å². The number of aromatic amines is 2. The Bertz CT molecular complexity index is 1690. The summed E-state index contributed by atoms with van der Waals surface area (Å²) >= 11 is 0. The number of aryl methyl sites for hydroxylation is 1. The van der Waals surface area contributed by atoms with Gasteiger partial charge in [0.2, 0.25) is 0 Å². The number of H-pyrrole nitrogens is 2. The van der Waals surface area contributed by atoms with E-state index in [1.54, 1.807) is 24.6 Å². The third-order valence-corrected chi connectivity index (χ3v) is 6.75.